The molecule has 1 nitrogen and oxygen atoms in total. The molecule has 0 aromatic carbocycles. The van der Waals surface area contributed by atoms with Gasteiger partial charge in [-0.05, 0) is 51.1 Å². The fourth-order valence-electron chi connectivity index (χ4n) is 2.92. The standard InChI is InChI=1S/C12H23N/c1-11(2)10-12(6-7-12)13-8-4-3-5-9-13/h11H,3-10H2,1-2H3. The quantitative estimate of drug-likeness (QED) is 0.647. The van der Waals surface area contributed by atoms with Crippen LogP contribution < -0.4 is 0 Å². The summed E-state index contributed by atoms with van der Waals surface area (Å²) in [6, 6.07) is 0. The van der Waals surface area contributed by atoms with E-state index in [9.17, 15) is 0 Å². The van der Waals surface area contributed by atoms with Gasteiger partial charge in [0, 0.05) is 5.54 Å². The molecule has 0 spiro atoms. The van der Waals surface area contributed by atoms with Crippen LogP contribution in [0.15, 0.2) is 0 Å². The molecule has 2 fully saturated rings. The predicted octanol–water partition coefficient (Wildman–Crippen LogP) is 3.05. The summed E-state index contributed by atoms with van der Waals surface area (Å²) < 4.78 is 0. The van der Waals surface area contributed by atoms with Crippen molar-refractivity contribution in [1.29, 1.82) is 0 Å². The lowest BCUT2D eigenvalue weighted by atomic mass is 9.98. The van der Waals surface area contributed by atoms with E-state index < -0.39 is 0 Å². The summed E-state index contributed by atoms with van der Waals surface area (Å²) in [7, 11) is 0. The van der Waals surface area contributed by atoms with Crippen molar-refractivity contribution in [3.63, 3.8) is 0 Å². The van der Waals surface area contributed by atoms with E-state index in [1.807, 2.05) is 0 Å². The van der Waals surface area contributed by atoms with Crippen LogP contribution >= 0.6 is 0 Å². The summed E-state index contributed by atoms with van der Waals surface area (Å²) in [4.78, 5) is 2.79. The van der Waals surface area contributed by atoms with Crippen LogP contribution in [0.3, 0.4) is 0 Å². The van der Waals surface area contributed by atoms with Crippen LogP contribution in [0.2, 0.25) is 0 Å². The van der Waals surface area contributed by atoms with E-state index in [4.69, 9.17) is 0 Å². The highest BCUT2D eigenvalue weighted by Gasteiger charge is 2.47. The molecule has 0 amide bonds. The molecule has 0 N–H and O–H groups in total. The van der Waals surface area contributed by atoms with Gasteiger partial charge in [0.25, 0.3) is 0 Å². The van der Waals surface area contributed by atoms with Gasteiger partial charge in [0.2, 0.25) is 0 Å². The second-order valence-electron chi connectivity index (χ2n) is 5.37. The molecule has 1 saturated heterocycles. The summed E-state index contributed by atoms with van der Waals surface area (Å²) in [5.74, 6) is 0.879. The Morgan fingerprint density at radius 1 is 1.08 bits per heavy atom. The van der Waals surface area contributed by atoms with Gasteiger partial charge < -0.3 is 0 Å². The highest BCUT2D eigenvalue weighted by atomic mass is 15.2. The summed E-state index contributed by atoms with van der Waals surface area (Å²) in [5, 5.41) is 0. The summed E-state index contributed by atoms with van der Waals surface area (Å²) in [6.45, 7) is 7.49. The number of nitrogens with zero attached hydrogens (tertiary/aromatic N) is 1. The zero-order chi connectivity index (χ0) is 9.31. The van der Waals surface area contributed by atoms with Crippen molar-refractivity contribution in [1.82, 2.24) is 4.90 Å². The third-order valence-electron chi connectivity index (χ3n) is 3.64. The van der Waals surface area contributed by atoms with Crippen molar-refractivity contribution in [2.24, 2.45) is 5.92 Å². The van der Waals surface area contributed by atoms with Crippen molar-refractivity contribution in [2.45, 2.75) is 57.9 Å². The van der Waals surface area contributed by atoms with E-state index in [-0.39, 0.29) is 0 Å². The molecule has 1 saturated carbocycles. The minimum Gasteiger partial charge on any atom is -0.298 e. The molecule has 1 heterocycles. The van der Waals surface area contributed by atoms with Crippen LogP contribution in [0.5, 0.6) is 0 Å². The first-order valence-corrected chi connectivity index (χ1v) is 5.98. The van der Waals surface area contributed by atoms with E-state index in [0.717, 1.165) is 5.92 Å². The van der Waals surface area contributed by atoms with Crippen LogP contribution in [-0.4, -0.2) is 23.5 Å². The normalized spacial score (nSPS) is 27.9. The maximum atomic E-state index is 2.79. The zero-order valence-corrected chi connectivity index (χ0v) is 9.18. The number of piperidine rings is 1. The molecule has 13 heavy (non-hydrogen) atoms. The van der Waals surface area contributed by atoms with Gasteiger partial charge in [0.1, 0.15) is 0 Å². The molecule has 0 bridgehead atoms. The summed E-state index contributed by atoms with van der Waals surface area (Å²) >= 11 is 0. The lowest BCUT2D eigenvalue weighted by Crippen LogP contribution is -2.41. The second kappa shape index (κ2) is 3.61. The van der Waals surface area contributed by atoms with Crippen molar-refractivity contribution in [3.8, 4) is 0 Å². The van der Waals surface area contributed by atoms with Gasteiger partial charge in [0.15, 0.2) is 0 Å². The molecule has 1 heteroatoms. The Labute approximate surface area is 82.5 Å². The van der Waals surface area contributed by atoms with Crippen LogP contribution in [0.1, 0.15) is 52.4 Å². The minimum atomic E-state index is 0.675. The minimum absolute atomic E-state index is 0.675. The maximum Gasteiger partial charge on any atom is 0.0213 e. The Balaban J connectivity index is 1.90. The summed E-state index contributed by atoms with van der Waals surface area (Å²) in [6.07, 6.45) is 8.75. The first-order valence-electron chi connectivity index (χ1n) is 5.98. The Kier molecular flexibility index (Phi) is 2.64. The smallest absolute Gasteiger partial charge is 0.0213 e. The van der Waals surface area contributed by atoms with Crippen molar-refractivity contribution >= 4 is 0 Å². The lowest BCUT2D eigenvalue weighted by Gasteiger charge is -2.36. The molecular weight excluding hydrogens is 158 g/mol. The van der Waals surface area contributed by atoms with Crippen LogP contribution in [-0.2, 0) is 0 Å². The Morgan fingerprint density at radius 2 is 1.69 bits per heavy atom. The molecule has 0 aromatic rings. The van der Waals surface area contributed by atoms with Gasteiger partial charge in [-0.1, -0.05) is 20.3 Å². The molecule has 1 aliphatic heterocycles. The average Bonchev–Trinajstić information content (AvgIpc) is 2.86. The topological polar surface area (TPSA) is 3.24 Å². The second-order valence-corrected chi connectivity index (χ2v) is 5.37. The van der Waals surface area contributed by atoms with Crippen LogP contribution in [0, 0.1) is 5.92 Å². The van der Waals surface area contributed by atoms with E-state index in [1.54, 1.807) is 0 Å². The van der Waals surface area contributed by atoms with Gasteiger partial charge in [-0.25, -0.2) is 0 Å². The number of rotatable bonds is 3. The van der Waals surface area contributed by atoms with Crippen molar-refractivity contribution in [2.75, 3.05) is 13.1 Å². The molecule has 2 rings (SSSR count). The molecule has 2 aliphatic rings. The molecular formula is C12H23N. The van der Waals surface area contributed by atoms with Crippen molar-refractivity contribution in [3.05, 3.63) is 0 Å². The third-order valence-corrected chi connectivity index (χ3v) is 3.64. The Hall–Kier alpha value is -0.0400. The number of hydrogen-bond donors (Lipinski definition) is 0. The van der Waals surface area contributed by atoms with Gasteiger partial charge >= 0.3 is 0 Å². The highest BCUT2D eigenvalue weighted by molar-refractivity contribution is 5.04. The van der Waals surface area contributed by atoms with Gasteiger partial charge in [-0.3, -0.25) is 4.90 Å². The largest absolute Gasteiger partial charge is 0.298 e. The number of hydrogen-bond acceptors (Lipinski definition) is 1. The summed E-state index contributed by atoms with van der Waals surface area (Å²) in [5.41, 5.74) is 0.675. The van der Waals surface area contributed by atoms with Crippen LogP contribution in [0.25, 0.3) is 0 Å². The molecule has 0 aromatic heterocycles. The SMILES string of the molecule is CC(C)CC1(N2CCCCC2)CC1. The fourth-order valence-corrected chi connectivity index (χ4v) is 2.92. The lowest BCUT2D eigenvalue weighted by molar-refractivity contribution is 0.126. The van der Waals surface area contributed by atoms with Crippen molar-refractivity contribution < 1.29 is 0 Å². The van der Waals surface area contributed by atoms with E-state index in [0.29, 0.717) is 5.54 Å². The average molecular weight is 181 g/mol. The van der Waals surface area contributed by atoms with E-state index in [2.05, 4.69) is 18.7 Å². The monoisotopic (exact) mass is 181 g/mol. The Morgan fingerprint density at radius 3 is 2.15 bits per heavy atom. The first kappa shape index (κ1) is 9.51. The van der Waals surface area contributed by atoms with Crippen LogP contribution in [0.4, 0.5) is 0 Å². The highest BCUT2D eigenvalue weighted by Crippen LogP contribution is 2.47. The fraction of sp³-hybridized carbons (Fsp3) is 1.00. The molecule has 0 atom stereocenters. The maximum absolute atomic E-state index is 2.79. The zero-order valence-electron chi connectivity index (χ0n) is 9.18. The first-order chi connectivity index (χ1) is 6.23. The van der Waals surface area contributed by atoms with Gasteiger partial charge in [0.05, 0.1) is 0 Å². The van der Waals surface area contributed by atoms with E-state index in [1.165, 1.54) is 51.6 Å². The molecule has 1 aliphatic carbocycles. The third kappa shape index (κ3) is 2.07. The predicted molar refractivity (Wildman–Crippen MR) is 56.8 cm³/mol. The van der Waals surface area contributed by atoms with E-state index >= 15 is 0 Å². The van der Waals surface area contributed by atoms with Gasteiger partial charge in [-0.2, -0.15) is 0 Å². The number of likely N-dealkylation sites (tertiary alicyclic amines) is 1. The Bertz CT molecular complexity index is 164. The molecule has 76 valence electrons. The molecule has 0 unspecified atom stereocenters. The van der Waals surface area contributed by atoms with Gasteiger partial charge in [-0.15, -0.1) is 0 Å². The molecule has 0 radical (unpaired) electrons.